The molecular weight excluding hydrogens is 340 g/mol. The van der Waals surface area contributed by atoms with E-state index < -0.39 is 15.9 Å². The number of hydrogen-bond donors (Lipinski definition) is 1. The lowest BCUT2D eigenvalue weighted by Gasteiger charge is -2.14. The lowest BCUT2D eigenvalue weighted by Crippen LogP contribution is -2.26. The van der Waals surface area contributed by atoms with Gasteiger partial charge in [0.15, 0.2) is 5.03 Å². The Kier molecular flexibility index (Phi) is 4.37. The zero-order chi connectivity index (χ0) is 18.0. The van der Waals surface area contributed by atoms with Gasteiger partial charge in [0, 0.05) is 31.9 Å². The molecule has 0 spiro atoms. The maximum atomic E-state index is 12.8. The molecule has 0 aliphatic heterocycles. The Morgan fingerprint density at radius 1 is 1.00 bits per heavy atom. The number of fused-ring (bicyclic) bond motifs is 1. The summed E-state index contributed by atoms with van der Waals surface area (Å²) in [5.74, 6) is -0.440. The number of pyridine rings is 2. The van der Waals surface area contributed by atoms with E-state index in [-0.39, 0.29) is 10.6 Å². The minimum atomic E-state index is -4.06. The van der Waals surface area contributed by atoms with Crippen molar-refractivity contribution in [3.63, 3.8) is 0 Å². The Morgan fingerprint density at radius 3 is 2.44 bits per heavy atom. The Labute approximate surface area is 145 Å². The second-order valence-electron chi connectivity index (χ2n) is 5.54. The Balaban J connectivity index is 2.08. The van der Waals surface area contributed by atoms with E-state index in [1.165, 1.54) is 23.2 Å². The maximum Gasteiger partial charge on any atom is 0.280 e. The molecule has 1 N–H and O–H groups in total. The number of anilines is 1. The van der Waals surface area contributed by atoms with E-state index in [4.69, 9.17) is 0 Å². The van der Waals surface area contributed by atoms with E-state index in [9.17, 15) is 13.2 Å². The van der Waals surface area contributed by atoms with E-state index in [0.29, 0.717) is 11.2 Å². The van der Waals surface area contributed by atoms with Gasteiger partial charge in [-0.1, -0.05) is 18.2 Å². The highest BCUT2D eigenvalue weighted by atomic mass is 32.2. The first-order valence-electron chi connectivity index (χ1n) is 7.43. The van der Waals surface area contributed by atoms with Crippen LogP contribution in [0.3, 0.4) is 0 Å². The van der Waals surface area contributed by atoms with E-state index in [1.54, 1.807) is 38.5 Å². The molecule has 0 aliphatic carbocycles. The van der Waals surface area contributed by atoms with Crippen LogP contribution in [0.1, 0.15) is 10.4 Å². The summed E-state index contributed by atoms with van der Waals surface area (Å²) in [6.07, 6.45) is 2.92. The number of nitrogens with zero attached hydrogens (tertiary/aromatic N) is 3. The monoisotopic (exact) mass is 356 g/mol. The normalized spacial score (nSPS) is 11.3. The van der Waals surface area contributed by atoms with Crippen molar-refractivity contribution in [1.82, 2.24) is 14.9 Å². The fourth-order valence-electron chi connectivity index (χ4n) is 2.39. The average Bonchev–Trinajstić information content (AvgIpc) is 2.61. The number of para-hydroxylation sites is 1. The second-order valence-corrected chi connectivity index (χ2v) is 7.14. The van der Waals surface area contributed by atoms with Gasteiger partial charge in [-0.05, 0) is 24.3 Å². The number of rotatable bonds is 4. The molecule has 7 nitrogen and oxygen atoms in total. The highest BCUT2D eigenvalue weighted by Gasteiger charge is 2.25. The molecule has 1 amide bonds. The van der Waals surface area contributed by atoms with E-state index >= 15 is 0 Å². The van der Waals surface area contributed by atoms with Crippen molar-refractivity contribution >= 4 is 32.5 Å². The van der Waals surface area contributed by atoms with Crippen LogP contribution in [0.15, 0.2) is 59.9 Å². The molecule has 1 aromatic carbocycles. The van der Waals surface area contributed by atoms with Crippen LogP contribution in [0.25, 0.3) is 10.9 Å². The fourth-order valence-corrected chi connectivity index (χ4v) is 3.58. The van der Waals surface area contributed by atoms with Crippen LogP contribution >= 0.6 is 0 Å². The molecule has 0 fully saturated rings. The molecule has 2 heterocycles. The van der Waals surface area contributed by atoms with Crippen molar-refractivity contribution in [1.29, 1.82) is 0 Å². The third kappa shape index (κ3) is 3.29. The number of carbonyl (C=O) groups excluding carboxylic acids is 1. The molecule has 0 bridgehead atoms. The smallest absolute Gasteiger partial charge is 0.280 e. The Bertz CT molecular complexity index is 1040. The third-order valence-electron chi connectivity index (χ3n) is 3.54. The zero-order valence-electron chi connectivity index (χ0n) is 13.7. The lowest BCUT2D eigenvalue weighted by atomic mass is 10.2. The van der Waals surface area contributed by atoms with Crippen molar-refractivity contribution in [2.45, 2.75) is 5.03 Å². The van der Waals surface area contributed by atoms with Crippen molar-refractivity contribution in [2.75, 3.05) is 18.8 Å². The summed E-state index contributed by atoms with van der Waals surface area (Å²) in [5.41, 5.74) is 0.852. The van der Waals surface area contributed by atoms with Crippen LogP contribution in [0.4, 0.5) is 5.69 Å². The van der Waals surface area contributed by atoms with Crippen LogP contribution in [0.2, 0.25) is 0 Å². The van der Waals surface area contributed by atoms with Gasteiger partial charge in [-0.25, -0.2) is 4.98 Å². The summed E-state index contributed by atoms with van der Waals surface area (Å²) in [6, 6.07) is 11.7. The molecule has 0 aliphatic rings. The predicted octanol–water partition coefficient (Wildman–Crippen LogP) is 2.13. The van der Waals surface area contributed by atoms with Crippen LogP contribution in [-0.2, 0) is 10.0 Å². The van der Waals surface area contributed by atoms with Crippen LogP contribution in [-0.4, -0.2) is 43.3 Å². The van der Waals surface area contributed by atoms with Crippen molar-refractivity contribution in [3.8, 4) is 0 Å². The van der Waals surface area contributed by atoms with Gasteiger partial charge in [0.1, 0.15) is 0 Å². The highest BCUT2D eigenvalue weighted by Crippen LogP contribution is 2.24. The number of sulfonamides is 1. The molecule has 3 rings (SSSR count). The van der Waals surface area contributed by atoms with E-state index in [2.05, 4.69) is 14.7 Å². The summed E-state index contributed by atoms with van der Waals surface area (Å²) in [7, 11) is -0.964. The SMILES string of the molecule is CN(C)C(=O)c1cccnc1S(=O)(=O)Nc1cccc2cccnc12. The molecule has 0 radical (unpaired) electrons. The van der Waals surface area contributed by atoms with Gasteiger partial charge in [-0.15, -0.1) is 0 Å². The topological polar surface area (TPSA) is 92.3 Å². The minimum Gasteiger partial charge on any atom is -0.345 e. The Hall–Kier alpha value is -3.00. The van der Waals surface area contributed by atoms with Crippen molar-refractivity contribution in [3.05, 3.63) is 60.4 Å². The summed E-state index contributed by atoms with van der Waals surface area (Å²) in [5, 5.41) is 0.481. The molecule has 8 heteroatoms. The summed E-state index contributed by atoms with van der Waals surface area (Å²) < 4.78 is 28.1. The van der Waals surface area contributed by atoms with E-state index in [0.717, 1.165) is 5.39 Å². The van der Waals surface area contributed by atoms with Gasteiger partial charge in [-0.3, -0.25) is 14.5 Å². The number of amides is 1. The summed E-state index contributed by atoms with van der Waals surface area (Å²) in [6.45, 7) is 0. The molecule has 2 aromatic heterocycles. The first-order chi connectivity index (χ1) is 11.9. The molecule has 0 unspecified atom stereocenters. The number of nitrogens with one attached hydrogen (secondary N) is 1. The Morgan fingerprint density at radius 2 is 1.68 bits per heavy atom. The zero-order valence-corrected chi connectivity index (χ0v) is 14.5. The van der Waals surface area contributed by atoms with Gasteiger partial charge in [0.25, 0.3) is 15.9 Å². The molecule has 0 saturated carbocycles. The first kappa shape index (κ1) is 16.8. The van der Waals surface area contributed by atoms with Crippen molar-refractivity contribution < 1.29 is 13.2 Å². The molecule has 25 heavy (non-hydrogen) atoms. The van der Waals surface area contributed by atoms with Gasteiger partial charge in [0.2, 0.25) is 0 Å². The molecule has 0 atom stereocenters. The van der Waals surface area contributed by atoms with Gasteiger partial charge < -0.3 is 4.90 Å². The molecule has 0 saturated heterocycles. The number of benzene rings is 1. The lowest BCUT2D eigenvalue weighted by molar-refractivity contribution is 0.0823. The quantitative estimate of drug-likeness (QED) is 0.773. The number of aromatic nitrogens is 2. The third-order valence-corrected chi connectivity index (χ3v) is 4.86. The van der Waals surface area contributed by atoms with Gasteiger partial charge >= 0.3 is 0 Å². The summed E-state index contributed by atoms with van der Waals surface area (Å²) >= 11 is 0. The predicted molar refractivity (Wildman–Crippen MR) is 94.8 cm³/mol. The average molecular weight is 356 g/mol. The van der Waals surface area contributed by atoms with Crippen LogP contribution in [0, 0.1) is 0 Å². The molecular formula is C17H16N4O3S. The highest BCUT2D eigenvalue weighted by molar-refractivity contribution is 7.92. The van der Waals surface area contributed by atoms with Gasteiger partial charge in [0.05, 0.1) is 16.8 Å². The fraction of sp³-hybridized carbons (Fsp3) is 0.118. The largest absolute Gasteiger partial charge is 0.345 e. The van der Waals surface area contributed by atoms with Crippen molar-refractivity contribution in [2.24, 2.45) is 0 Å². The first-order valence-corrected chi connectivity index (χ1v) is 8.92. The minimum absolute atomic E-state index is 0.00759. The maximum absolute atomic E-state index is 12.8. The van der Waals surface area contributed by atoms with E-state index in [1.807, 2.05) is 12.1 Å². The number of carbonyl (C=O) groups is 1. The number of hydrogen-bond acceptors (Lipinski definition) is 5. The molecule has 3 aromatic rings. The van der Waals surface area contributed by atoms with Crippen LogP contribution < -0.4 is 4.72 Å². The molecule has 128 valence electrons. The standard InChI is InChI=1S/C17H16N4O3S/c1-21(2)17(22)13-8-5-11-19-16(13)25(23,24)20-14-9-3-6-12-7-4-10-18-15(12)14/h3-11,20H,1-2H3. The second kappa shape index (κ2) is 6.48. The van der Waals surface area contributed by atoms with Gasteiger partial charge in [-0.2, -0.15) is 8.42 Å². The summed E-state index contributed by atoms with van der Waals surface area (Å²) in [4.78, 5) is 21.7. The van der Waals surface area contributed by atoms with Crippen LogP contribution in [0.5, 0.6) is 0 Å².